The molecule has 0 aliphatic carbocycles. The molecule has 1 unspecified atom stereocenters. The molecule has 0 aliphatic rings. The standard InChI is InChI=1S/C9H9F2NO3/c1-5-3-2-4-6(12(14)15)7(5)8(13)9(10)11/h2-4,8-9,13H,1H3. The van der Waals surface area contributed by atoms with Crippen molar-refractivity contribution < 1.29 is 18.8 Å². The third-order valence-electron chi connectivity index (χ3n) is 2.03. The number of hydrogen-bond donors (Lipinski definition) is 1. The number of nitrogens with zero attached hydrogens (tertiary/aromatic N) is 1. The molecule has 4 nitrogen and oxygen atoms in total. The van der Waals surface area contributed by atoms with Gasteiger partial charge in [-0.15, -0.1) is 0 Å². The Kier molecular flexibility index (Phi) is 3.31. The largest absolute Gasteiger partial charge is 0.382 e. The number of rotatable bonds is 3. The van der Waals surface area contributed by atoms with Crippen LogP contribution in [0.4, 0.5) is 14.5 Å². The summed E-state index contributed by atoms with van der Waals surface area (Å²) in [7, 11) is 0. The van der Waals surface area contributed by atoms with Crippen molar-refractivity contribution in [2.75, 3.05) is 0 Å². The molecule has 1 atom stereocenters. The summed E-state index contributed by atoms with van der Waals surface area (Å²) in [5, 5.41) is 19.7. The van der Waals surface area contributed by atoms with Crippen LogP contribution >= 0.6 is 0 Å². The number of aliphatic hydroxyl groups is 1. The van der Waals surface area contributed by atoms with Gasteiger partial charge in [0.2, 0.25) is 0 Å². The number of halogens is 2. The van der Waals surface area contributed by atoms with E-state index in [-0.39, 0.29) is 11.1 Å². The van der Waals surface area contributed by atoms with Crippen LogP contribution in [0.1, 0.15) is 17.2 Å². The fraction of sp³-hybridized carbons (Fsp3) is 0.333. The molecule has 82 valence electrons. The Bertz CT molecular complexity index is 382. The molecule has 0 fully saturated rings. The lowest BCUT2D eigenvalue weighted by Gasteiger charge is -2.12. The maximum absolute atomic E-state index is 12.3. The monoisotopic (exact) mass is 217 g/mol. The summed E-state index contributed by atoms with van der Waals surface area (Å²) in [6, 6.07) is 3.91. The van der Waals surface area contributed by atoms with E-state index in [1.165, 1.54) is 19.1 Å². The number of nitro groups is 1. The smallest absolute Gasteiger partial charge is 0.275 e. The quantitative estimate of drug-likeness (QED) is 0.623. The maximum atomic E-state index is 12.3. The highest BCUT2D eigenvalue weighted by Gasteiger charge is 2.28. The molecular weight excluding hydrogens is 208 g/mol. The first-order chi connectivity index (χ1) is 6.95. The molecule has 1 N–H and O–H groups in total. The van der Waals surface area contributed by atoms with Crippen LogP contribution in [0.5, 0.6) is 0 Å². The summed E-state index contributed by atoms with van der Waals surface area (Å²) < 4.78 is 24.5. The van der Waals surface area contributed by atoms with Gasteiger partial charge in [-0.3, -0.25) is 10.1 Å². The molecule has 1 rings (SSSR count). The molecule has 0 heterocycles. The SMILES string of the molecule is Cc1cccc([N+](=O)[O-])c1C(O)C(F)F. The molecule has 0 saturated heterocycles. The van der Waals surface area contributed by atoms with E-state index < -0.39 is 23.1 Å². The minimum Gasteiger partial charge on any atom is -0.382 e. The minimum absolute atomic E-state index is 0.275. The Hall–Kier alpha value is -1.56. The van der Waals surface area contributed by atoms with Gasteiger partial charge in [-0.05, 0) is 12.5 Å². The van der Waals surface area contributed by atoms with Gasteiger partial charge in [-0.25, -0.2) is 8.78 Å². The van der Waals surface area contributed by atoms with Crippen LogP contribution in [-0.4, -0.2) is 16.5 Å². The number of aryl methyl sites for hydroxylation is 1. The van der Waals surface area contributed by atoms with Crippen LogP contribution in [0.15, 0.2) is 18.2 Å². The predicted molar refractivity (Wildman–Crippen MR) is 48.8 cm³/mol. The van der Waals surface area contributed by atoms with E-state index in [2.05, 4.69) is 0 Å². The van der Waals surface area contributed by atoms with E-state index >= 15 is 0 Å². The number of alkyl halides is 2. The van der Waals surface area contributed by atoms with Crippen molar-refractivity contribution in [2.45, 2.75) is 19.5 Å². The molecule has 0 saturated carbocycles. The summed E-state index contributed by atoms with van der Waals surface area (Å²) in [4.78, 5) is 9.77. The third kappa shape index (κ3) is 2.27. The highest BCUT2D eigenvalue weighted by Crippen LogP contribution is 2.31. The van der Waals surface area contributed by atoms with E-state index in [0.29, 0.717) is 0 Å². The van der Waals surface area contributed by atoms with Crippen LogP contribution in [0.25, 0.3) is 0 Å². The highest BCUT2D eigenvalue weighted by atomic mass is 19.3. The Morgan fingerprint density at radius 3 is 2.53 bits per heavy atom. The van der Waals surface area contributed by atoms with E-state index in [4.69, 9.17) is 5.11 Å². The second kappa shape index (κ2) is 4.31. The number of benzene rings is 1. The van der Waals surface area contributed by atoms with E-state index in [9.17, 15) is 18.9 Å². The Balaban J connectivity index is 3.30. The second-order valence-corrected chi connectivity index (χ2v) is 3.04. The first kappa shape index (κ1) is 11.5. The lowest BCUT2D eigenvalue weighted by Crippen LogP contribution is -2.12. The molecular formula is C9H9F2NO3. The minimum atomic E-state index is -3.04. The molecule has 0 amide bonds. The van der Waals surface area contributed by atoms with Crippen LogP contribution in [0.2, 0.25) is 0 Å². The highest BCUT2D eigenvalue weighted by molar-refractivity contribution is 5.46. The Morgan fingerprint density at radius 1 is 1.47 bits per heavy atom. The second-order valence-electron chi connectivity index (χ2n) is 3.04. The number of aliphatic hydroxyl groups excluding tert-OH is 1. The van der Waals surface area contributed by atoms with Crippen LogP contribution in [0.3, 0.4) is 0 Å². The third-order valence-corrected chi connectivity index (χ3v) is 2.03. The number of nitro benzene ring substituents is 1. The van der Waals surface area contributed by atoms with E-state index in [1.54, 1.807) is 0 Å². The van der Waals surface area contributed by atoms with Crippen molar-refractivity contribution in [1.29, 1.82) is 0 Å². The zero-order valence-electron chi connectivity index (χ0n) is 7.85. The predicted octanol–water partition coefficient (Wildman–Crippen LogP) is 2.20. The van der Waals surface area contributed by atoms with Gasteiger partial charge < -0.3 is 5.11 Å². The van der Waals surface area contributed by atoms with Crippen molar-refractivity contribution in [3.8, 4) is 0 Å². The number of hydrogen-bond acceptors (Lipinski definition) is 3. The summed E-state index contributed by atoms with van der Waals surface area (Å²) in [6.07, 6.45) is -5.16. The van der Waals surface area contributed by atoms with Gasteiger partial charge in [-0.2, -0.15) is 0 Å². The van der Waals surface area contributed by atoms with Crippen LogP contribution in [-0.2, 0) is 0 Å². The van der Waals surface area contributed by atoms with Crippen molar-refractivity contribution in [2.24, 2.45) is 0 Å². The van der Waals surface area contributed by atoms with Gasteiger partial charge in [0.15, 0.2) is 0 Å². The summed E-state index contributed by atoms with van der Waals surface area (Å²) in [5.74, 6) is 0. The average molecular weight is 217 g/mol. The first-order valence-corrected chi connectivity index (χ1v) is 4.15. The fourth-order valence-corrected chi connectivity index (χ4v) is 1.34. The van der Waals surface area contributed by atoms with Crippen molar-refractivity contribution in [3.63, 3.8) is 0 Å². The van der Waals surface area contributed by atoms with E-state index in [0.717, 1.165) is 6.07 Å². The van der Waals surface area contributed by atoms with Crippen molar-refractivity contribution in [1.82, 2.24) is 0 Å². The maximum Gasteiger partial charge on any atom is 0.275 e. The zero-order valence-corrected chi connectivity index (χ0v) is 7.85. The lowest BCUT2D eigenvalue weighted by atomic mass is 10.0. The Morgan fingerprint density at radius 2 is 2.07 bits per heavy atom. The summed E-state index contributed by atoms with van der Waals surface area (Å²) >= 11 is 0. The first-order valence-electron chi connectivity index (χ1n) is 4.15. The van der Waals surface area contributed by atoms with Crippen LogP contribution < -0.4 is 0 Å². The lowest BCUT2D eigenvalue weighted by molar-refractivity contribution is -0.386. The van der Waals surface area contributed by atoms with E-state index in [1.807, 2.05) is 0 Å². The summed E-state index contributed by atoms with van der Waals surface area (Å²) in [6.45, 7) is 1.44. The van der Waals surface area contributed by atoms with Crippen molar-refractivity contribution >= 4 is 5.69 Å². The molecule has 6 heteroatoms. The molecule has 15 heavy (non-hydrogen) atoms. The molecule has 0 radical (unpaired) electrons. The van der Waals surface area contributed by atoms with Gasteiger partial charge >= 0.3 is 0 Å². The van der Waals surface area contributed by atoms with Gasteiger partial charge in [0, 0.05) is 6.07 Å². The van der Waals surface area contributed by atoms with Gasteiger partial charge in [0.05, 0.1) is 10.5 Å². The van der Waals surface area contributed by atoms with Gasteiger partial charge in [0.1, 0.15) is 6.10 Å². The molecule has 1 aromatic carbocycles. The molecule has 0 spiro atoms. The fourth-order valence-electron chi connectivity index (χ4n) is 1.34. The molecule has 0 bridgehead atoms. The molecule has 0 aromatic heterocycles. The van der Waals surface area contributed by atoms with Gasteiger partial charge in [0.25, 0.3) is 12.1 Å². The average Bonchev–Trinajstić information content (AvgIpc) is 2.16. The normalized spacial score (nSPS) is 12.9. The summed E-state index contributed by atoms with van der Waals surface area (Å²) in [5.41, 5.74) is -0.530. The Labute approximate surface area is 84.3 Å². The molecule has 0 aliphatic heterocycles. The van der Waals surface area contributed by atoms with Gasteiger partial charge in [-0.1, -0.05) is 12.1 Å². The van der Waals surface area contributed by atoms with Crippen LogP contribution in [0, 0.1) is 17.0 Å². The van der Waals surface area contributed by atoms with Crippen molar-refractivity contribution in [3.05, 3.63) is 39.4 Å². The molecule has 1 aromatic rings. The topological polar surface area (TPSA) is 63.4 Å². The zero-order chi connectivity index (χ0) is 11.6.